The molecule has 1 N–H and O–H groups in total. The summed E-state index contributed by atoms with van der Waals surface area (Å²) in [6, 6.07) is 14.6. The maximum absolute atomic E-state index is 12.8. The third kappa shape index (κ3) is 5.53. The van der Waals surface area contributed by atoms with E-state index in [1.165, 1.54) is 5.39 Å². The molecule has 8 heteroatoms. The molecule has 8 nitrogen and oxygen atoms in total. The summed E-state index contributed by atoms with van der Waals surface area (Å²) in [4.78, 5) is 26.8. The molecule has 2 aromatic carbocycles. The number of rotatable bonds is 4. The fourth-order valence-corrected chi connectivity index (χ4v) is 4.83. The molecule has 2 aromatic heterocycles. The molecule has 3 heterocycles. The van der Waals surface area contributed by atoms with Crippen LogP contribution in [0.5, 0.6) is 0 Å². The summed E-state index contributed by atoms with van der Waals surface area (Å²) in [6.07, 6.45) is 1.60. The molecule has 1 aliphatic heterocycles. The van der Waals surface area contributed by atoms with Gasteiger partial charge in [0.2, 0.25) is 0 Å². The van der Waals surface area contributed by atoms with Gasteiger partial charge in [0, 0.05) is 43.7 Å². The lowest BCUT2D eigenvalue weighted by atomic mass is 10.0. The van der Waals surface area contributed by atoms with E-state index in [2.05, 4.69) is 59.6 Å². The van der Waals surface area contributed by atoms with Crippen molar-refractivity contribution in [2.24, 2.45) is 5.92 Å². The van der Waals surface area contributed by atoms with E-state index in [0.29, 0.717) is 31.3 Å². The normalized spacial score (nSPS) is 15.0. The molecule has 0 aliphatic carbocycles. The first-order valence-electron chi connectivity index (χ1n) is 13.2. The van der Waals surface area contributed by atoms with Gasteiger partial charge in [-0.1, -0.05) is 55.4 Å². The van der Waals surface area contributed by atoms with Gasteiger partial charge in [0.15, 0.2) is 0 Å². The molecule has 4 aromatic rings. The van der Waals surface area contributed by atoms with Crippen LogP contribution in [0.25, 0.3) is 33.1 Å². The number of amides is 2. The zero-order valence-corrected chi connectivity index (χ0v) is 22.4. The summed E-state index contributed by atoms with van der Waals surface area (Å²) in [7, 11) is 0. The number of fused-ring (bicyclic) bond motifs is 2. The molecule has 2 amide bonds. The highest BCUT2D eigenvalue weighted by molar-refractivity contribution is 6.00. The average molecular weight is 501 g/mol. The van der Waals surface area contributed by atoms with Gasteiger partial charge in [-0.25, -0.2) is 9.78 Å². The van der Waals surface area contributed by atoms with Crippen molar-refractivity contribution in [3.8, 4) is 11.3 Å². The summed E-state index contributed by atoms with van der Waals surface area (Å²) in [5.74, 6) is 2.00. The van der Waals surface area contributed by atoms with Gasteiger partial charge in [0.25, 0.3) is 5.71 Å². The Morgan fingerprint density at radius 1 is 1.03 bits per heavy atom. The molecule has 0 radical (unpaired) electrons. The number of urea groups is 1. The summed E-state index contributed by atoms with van der Waals surface area (Å²) in [6.45, 7) is 13.1. The fraction of sp³-hybridized carbons (Fsp3) is 0.448. The standard InChI is InChI=1S/C29H36N6O2/c1-19(2)17-23-30-26(34-13-8-14-35(16-15-34)28(36)32-29(3,4)5)24-25(33-37-27(24)31-23)22-12-11-20-9-6-7-10-21(20)18-22/h6-7,9-12,18-19H,8,13-17H2,1-5H3,(H,32,36). The van der Waals surface area contributed by atoms with E-state index in [9.17, 15) is 4.79 Å². The maximum atomic E-state index is 12.8. The van der Waals surface area contributed by atoms with Crippen LogP contribution in [0.1, 0.15) is 46.9 Å². The van der Waals surface area contributed by atoms with Gasteiger partial charge < -0.3 is 19.6 Å². The van der Waals surface area contributed by atoms with Gasteiger partial charge in [-0.3, -0.25) is 0 Å². The van der Waals surface area contributed by atoms with Crippen molar-refractivity contribution in [2.45, 2.75) is 53.0 Å². The molecule has 1 fully saturated rings. The molecule has 0 spiro atoms. The van der Waals surface area contributed by atoms with Gasteiger partial charge >= 0.3 is 6.03 Å². The number of hydrogen-bond donors (Lipinski definition) is 1. The molecule has 1 aliphatic rings. The highest BCUT2D eigenvalue weighted by Crippen LogP contribution is 2.35. The Kier molecular flexibility index (Phi) is 6.75. The highest BCUT2D eigenvalue weighted by atomic mass is 16.5. The lowest BCUT2D eigenvalue weighted by molar-refractivity contribution is 0.192. The number of carbonyl (C=O) groups excluding carboxylic acids is 1. The molecule has 194 valence electrons. The highest BCUT2D eigenvalue weighted by Gasteiger charge is 2.27. The second-order valence-electron chi connectivity index (χ2n) is 11.3. The first kappa shape index (κ1) is 25.0. The minimum atomic E-state index is -0.273. The Morgan fingerprint density at radius 3 is 2.57 bits per heavy atom. The number of nitrogens with zero attached hydrogens (tertiary/aromatic N) is 5. The lowest BCUT2D eigenvalue weighted by Gasteiger charge is -2.28. The van der Waals surface area contributed by atoms with Crippen molar-refractivity contribution in [1.29, 1.82) is 0 Å². The monoisotopic (exact) mass is 500 g/mol. The number of anilines is 1. The maximum Gasteiger partial charge on any atom is 0.317 e. The topological polar surface area (TPSA) is 87.4 Å². The molecule has 37 heavy (non-hydrogen) atoms. The molecule has 0 unspecified atom stereocenters. The van der Waals surface area contributed by atoms with E-state index in [4.69, 9.17) is 14.5 Å². The Bertz CT molecular complexity index is 1420. The van der Waals surface area contributed by atoms with Crippen molar-refractivity contribution in [3.63, 3.8) is 0 Å². The van der Waals surface area contributed by atoms with Gasteiger partial charge in [0.05, 0.1) is 0 Å². The quantitative estimate of drug-likeness (QED) is 0.389. The second-order valence-corrected chi connectivity index (χ2v) is 11.3. The average Bonchev–Trinajstić information content (AvgIpc) is 3.10. The fourth-order valence-electron chi connectivity index (χ4n) is 4.83. The zero-order chi connectivity index (χ0) is 26.2. The number of aromatic nitrogens is 3. The number of carbonyl (C=O) groups is 1. The van der Waals surface area contributed by atoms with E-state index in [0.717, 1.165) is 53.1 Å². The largest absolute Gasteiger partial charge is 0.354 e. The minimum Gasteiger partial charge on any atom is -0.354 e. The van der Waals surface area contributed by atoms with Crippen LogP contribution in [0, 0.1) is 5.92 Å². The van der Waals surface area contributed by atoms with Crippen LogP contribution in [0.2, 0.25) is 0 Å². The molecule has 1 saturated heterocycles. The Labute approximate surface area is 218 Å². The smallest absolute Gasteiger partial charge is 0.317 e. The summed E-state index contributed by atoms with van der Waals surface area (Å²) >= 11 is 0. The number of benzene rings is 2. The van der Waals surface area contributed by atoms with E-state index in [1.54, 1.807) is 0 Å². The Morgan fingerprint density at radius 2 is 1.81 bits per heavy atom. The van der Waals surface area contributed by atoms with Gasteiger partial charge in [-0.15, -0.1) is 0 Å². The minimum absolute atomic E-state index is 0.0236. The molecule has 0 atom stereocenters. The van der Waals surface area contributed by atoms with Crippen molar-refractivity contribution in [3.05, 3.63) is 48.3 Å². The SMILES string of the molecule is CC(C)Cc1nc(N2CCCN(C(=O)NC(C)(C)C)CC2)c2c(-c3ccc4ccccc4c3)noc2n1. The van der Waals surface area contributed by atoms with Gasteiger partial charge in [0.1, 0.15) is 22.7 Å². The number of hydrogen-bond acceptors (Lipinski definition) is 6. The van der Waals surface area contributed by atoms with E-state index in [1.807, 2.05) is 37.8 Å². The molecule has 0 saturated carbocycles. The van der Waals surface area contributed by atoms with E-state index < -0.39 is 0 Å². The molecule has 5 rings (SSSR count). The summed E-state index contributed by atoms with van der Waals surface area (Å²) in [5.41, 5.74) is 1.96. The van der Waals surface area contributed by atoms with Crippen LogP contribution < -0.4 is 10.2 Å². The van der Waals surface area contributed by atoms with Gasteiger partial charge in [-0.2, -0.15) is 4.98 Å². The van der Waals surface area contributed by atoms with Crippen molar-refractivity contribution >= 4 is 33.7 Å². The van der Waals surface area contributed by atoms with Crippen LogP contribution in [0.4, 0.5) is 10.6 Å². The Hall–Kier alpha value is -3.68. The first-order chi connectivity index (χ1) is 17.7. The third-order valence-corrected chi connectivity index (χ3v) is 6.54. The van der Waals surface area contributed by atoms with Crippen LogP contribution >= 0.6 is 0 Å². The van der Waals surface area contributed by atoms with Gasteiger partial charge in [-0.05, 0) is 49.9 Å². The number of nitrogens with one attached hydrogen (secondary N) is 1. The van der Waals surface area contributed by atoms with Crippen LogP contribution in [-0.4, -0.2) is 57.8 Å². The predicted molar refractivity (Wildman–Crippen MR) is 148 cm³/mol. The zero-order valence-electron chi connectivity index (χ0n) is 22.4. The molecular formula is C29H36N6O2. The predicted octanol–water partition coefficient (Wildman–Crippen LogP) is 5.66. The lowest BCUT2D eigenvalue weighted by Crippen LogP contribution is -2.49. The van der Waals surface area contributed by atoms with E-state index in [-0.39, 0.29) is 11.6 Å². The van der Waals surface area contributed by atoms with E-state index >= 15 is 0 Å². The molecule has 0 bridgehead atoms. The second kappa shape index (κ2) is 10.00. The van der Waals surface area contributed by atoms with Crippen LogP contribution in [-0.2, 0) is 6.42 Å². The third-order valence-electron chi connectivity index (χ3n) is 6.54. The Balaban J connectivity index is 1.53. The first-order valence-corrected chi connectivity index (χ1v) is 13.2. The van der Waals surface area contributed by atoms with Crippen LogP contribution in [0.15, 0.2) is 47.0 Å². The van der Waals surface area contributed by atoms with Crippen molar-refractivity contribution in [1.82, 2.24) is 25.3 Å². The van der Waals surface area contributed by atoms with Crippen molar-refractivity contribution in [2.75, 3.05) is 31.1 Å². The van der Waals surface area contributed by atoms with Crippen LogP contribution in [0.3, 0.4) is 0 Å². The molecular weight excluding hydrogens is 464 g/mol. The summed E-state index contributed by atoms with van der Waals surface area (Å²) < 4.78 is 5.81. The summed E-state index contributed by atoms with van der Waals surface area (Å²) in [5, 5.41) is 10.7. The van der Waals surface area contributed by atoms with Crippen molar-refractivity contribution < 1.29 is 9.32 Å².